The number of nitrogens with one attached hydrogen (secondary N) is 1. The summed E-state index contributed by atoms with van der Waals surface area (Å²) >= 11 is 0. The summed E-state index contributed by atoms with van der Waals surface area (Å²) in [5.74, 6) is -0.112. The topological polar surface area (TPSA) is 76.2 Å². The largest absolute Gasteiger partial charge is 0.395 e. The molecule has 6 nitrogen and oxygen atoms in total. The molecule has 0 bridgehead atoms. The van der Waals surface area contributed by atoms with Crippen molar-refractivity contribution in [3.63, 3.8) is 0 Å². The normalized spacial score (nSPS) is 23.8. The van der Waals surface area contributed by atoms with Gasteiger partial charge in [-0.2, -0.15) is 5.10 Å². The summed E-state index contributed by atoms with van der Waals surface area (Å²) in [6.45, 7) is 5.18. The Morgan fingerprint density at radius 3 is 2.75 bits per heavy atom. The number of rotatable bonds is 3. The van der Waals surface area contributed by atoms with Crippen molar-refractivity contribution in [3.8, 4) is 0 Å². The quantitative estimate of drug-likeness (QED) is 0.857. The summed E-state index contributed by atoms with van der Waals surface area (Å²) < 4.78 is 1.59. The molecule has 1 aromatic rings. The van der Waals surface area contributed by atoms with Gasteiger partial charge in [-0.3, -0.25) is 9.48 Å². The fourth-order valence-electron chi connectivity index (χ4n) is 2.80. The number of nitrogens with two attached hydrogens (primary N) is 1. The van der Waals surface area contributed by atoms with Crippen LogP contribution in [-0.2, 0) is 13.5 Å². The third-order valence-electron chi connectivity index (χ3n) is 4.25. The standard InChI is InChI=1S/C14H25N5O/c1-5-11-12(15)13(19(4)17-11)14(20)16-10-6-7-18(3)9(2)8-10/h9-10H,5-8,15H2,1-4H3,(H,16,20). The Hall–Kier alpha value is -1.56. The molecule has 20 heavy (non-hydrogen) atoms. The molecule has 1 aliphatic rings. The fraction of sp³-hybridized carbons (Fsp3) is 0.714. The van der Waals surface area contributed by atoms with E-state index in [-0.39, 0.29) is 11.9 Å². The predicted octanol–water partition coefficient (Wildman–Crippen LogP) is 0.777. The highest BCUT2D eigenvalue weighted by atomic mass is 16.2. The van der Waals surface area contributed by atoms with Crippen LogP contribution >= 0.6 is 0 Å². The molecule has 2 rings (SSSR count). The maximum atomic E-state index is 12.4. The molecule has 0 aliphatic carbocycles. The van der Waals surface area contributed by atoms with Crippen LogP contribution < -0.4 is 11.1 Å². The van der Waals surface area contributed by atoms with E-state index in [0.717, 1.165) is 31.5 Å². The third kappa shape index (κ3) is 2.80. The number of hydrogen-bond donors (Lipinski definition) is 2. The van der Waals surface area contributed by atoms with E-state index in [1.54, 1.807) is 11.7 Å². The fourth-order valence-corrected chi connectivity index (χ4v) is 2.80. The Morgan fingerprint density at radius 2 is 2.20 bits per heavy atom. The Bertz CT molecular complexity index is 496. The minimum atomic E-state index is -0.112. The van der Waals surface area contributed by atoms with Gasteiger partial charge in [-0.05, 0) is 33.2 Å². The van der Waals surface area contributed by atoms with Gasteiger partial charge >= 0.3 is 0 Å². The van der Waals surface area contributed by atoms with Gasteiger partial charge in [-0.15, -0.1) is 0 Å². The van der Waals surface area contributed by atoms with Crippen LogP contribution in [0.4, 0.5) is 5.69 Å². The Balaban J connectivity index is 2.07. The van der Waals surface area contributed by atoms with E-state index < -0.39 is 0 Å². The van der Waals surface area contributed by atoms with E-state index in [4.69, 9.17) is 5.73 Å². The van der Waals surface area contributed by atoms with Gasteiger partial charge in [0, 0.05) is 25.7 Å². The lowest BCUT2D eigenvalue weighted by Gasteiger charge is -2.35. The van der Waals surface area contributed by atoms with Crippen molar-refractivity contribution in [1.82, 2.24) is 20.0 Å². The lowest BCUT2D eigenvalue weighted by atomic mass is 9.99. The predicted molar refractivity (Wildman–Crippen MR) is 79.6 cm³/mol. The molecule has 1 aliphatic heterocycles. The van der Waals surface area contributed by atoms with Crippen molar-refractivity contribution in [1.29, 1.82) is 0 Å². The molecule has 1 aromatic heterocycles. The van der Waals surface area contributed by atoms with Crippen LogP contribution in [0.5, 0.6) is 0 Å². The number of aromatic nitrogens is 2. The molecule has 0 aromatic carbocycles. The first-order valence-corrected chi connectivity index (χ1v) is 7.26. The highest BCUT2D eigenvalue weighted by Crippen LogP contribution is 2.19. The summed E-state index contributed by atoms with van der Waals surface area (Å²) in [5, 5.41) is 7.39. The number of aryl methyl sites for hydroxylation is 2. The van der Waals surface area contributed by atoms with Gasteiger partial charge in [0.05, 0.1) is 11.4 Å². The average molecular weight is 279 g/mol. The smallest absolute Gasteiger partial charge is 0.271 e. The van der Waals surface area contributed by atoms with Gasteiger partial charge in [0.25, 0.3) is 5.91 Å². The second-order valence-electron chi connectivity index (χ2n) is 5.71. The first kappa shape index (κ1) is 14.8. The van der Waals surface area contributed by atoms with Crippen LogP contribution in [0.25, 0.3) is 0 Å². The van der Waals surface area contributed by atoms with Gasteiger partial charge in [0.1, 0.15) is 5.69 Å². The first-order valence-electron chi connectivity index (χ1n) is 7.26. The molecular formula is C14H25N5O. The molecule has 2 heterocycles. The van der Waals surface area contributed by atoms with Crippen molar-refractivity contribution in [2.45, 2.75) is 45.2 Å². The van der Waals surface area contributed by atoms with Crippen molar-refractivity contribution in [2.75, 3.05) is 19.3 Å². The average Bonchev–Trinajstić information content (AvgIpc) is 2.68. The van der Waals surface area contributed by atoms with Crippen molar-refractivity contribution in [3.05, 3.63) is 11.4 Å². The number of nitrogen functional groups attached to an aromatic ring is 1. The van der Waals surface area contributed by atoms with Gasteiger partial charge in [0.2, 0.25) is 0 Å². The molecular weight excluding hydrogens is 254 g/mol. The molecule has 112 valence electrons. The lowest BCUT2D eigenvalue weighted by molar-refractivity contribution is 0.0888. The number of hydrogen-bond acceptors (Lipinski definition) is 4. The lowest BCUT2D eigenvalue weighted by Crippen LogP contribution is -2.47. The van der Waals surface area contributed by atoms with Crippen LogP contribution in [-0.4, -0.2) is 46.3 Å². The van der Waals surface area contributed by atoms with Crippen LogP contribution in [0.3, 0.4) is 0 Å². The molecule has 2 atom stereocenters. The summed E-state index contributed by atoms with van der Waals surface area (Å²) in [6, 6.07) is 0.706. The molecule has 1 saturated heterocycles. The van der Waals surface area contributed by atoms with E-state index in [1.165, 1.54) is 0 Å². The van der Waals surface area contributed by atoms with Crippen molar-refractivity contribution >= 4 is 11.6 Å². The SMILES string of the molecule is CCc1nn(C)c(C(=O)NC2CCN(C)C(C)C2)c1N. The molecule has 1 fully saturated rings. The second-order valence-corrected chi connectivity index (χ2v) is 5.71. The van der Waals surface area contributed by atoms with Crippen LogP contribution in [0.15, 0.2) is 0 Å². The highest BCUT2D eigenvalue weighted by Gasteiger charge is 2.26. The molecule has 1 amide bonds. The number of piperidine rings is 1. The molecule has 6 heteroatoms. The number of carbonyl (C=O) groups excluding carboxylic acids is 1. The van der Waals surface area contributed by atoms with Gasteiger partial charge in [-0.1, -0.05) is 6.92 Å². The van der Waals surface area contributed by atoms with E-state index in [1.807, 2.05) is 6.92 Å². The zero-order chi connectivity index (χ0) is 14.9. The molecule has 0 saturated carbocycles. The minimum absolute atomic E-state index is 0.112. The van der Waals surface area contributed by atoms with Crippen molar-refractivity contribution < 1.29 is 4.79 Å². The minimum Gasteiger partial charge on any atom is -0.395 e. The zero-order valence-electron chi connectivity index (χ0n) is 12.8. The van der Waals surface area contributed by atoms with E-state index >= 15 is 0 Å². The Morgan fingerprint density at radius 1 is 1.50 bits per heavy atom. The summed E-state index contributed by atoms with van der Waals surface area (Å²) in [7, 11) is 3.89. The van der Waals surface area contributed by atoms with Crippen LogP contribution in [0, 0.1) is 0 Å². The maximum Gasteiger partial charge on any atom is 0.271 e. The maximum absolute atomic E-state index is 12.4. The number of likely N-dealkylation sites (tertiary alicyclic amines) is 1. The molecule has 3 N–H and O–H groups in total. The van der Waals surface area contributed by atoms with E-state index in [9.17, 15) is 4.79 Å². The molecule has 0 spiro atoms. The summed E-state index contributed by atoms with van der Waals surface area (Å²) in [6.07, 6.45) is 2.68. The van der Waals surface area contributed by atoms with E-state index in [2.05, 4.69) is 29.3 Å². The van der Waals surface area contributed by atoms with E-state index in [0.29, 0.717) is 17.4 Å². The number of carbonyl (C=O) groups is 1. The first-order chi connectivity index (χ1) is 9.43. The second kappa shape index (κ2) is 5.83. The van der Waals surface area contributed by atoms with Crippen LogP contribution in [0.1, 0.15) is 42.9 Å². The van der Waals surface area contributed by atoms with Crippen LogP contribution in [0.2, 0.25) is 0 Å². The van der Waals surface area contributed by atoms with Gasteiger partial charge in [-0.25, -0.2) is 0 Å². The summed E-state index contributed by atoms with van der Waals surface area (Å²) in [5.41, 5.74) is 7.79. The number of amides is 1. The Labute approximate surface area is 120 Å². The van der Waals surface area contributed by atoms with Gasteiger partial charge < -0.3 is 16.0 Å². The zero-order valence-corrected chi connectivity index (χ0v) is 12.8. The highest BCUT2D eigenvalue weighted by molar-refractivity contribution is 5.98. The monoisotopic (exact) mass is 279 g/mol. The third-order valence-corrected chi connectivity index (χ3v) is 4.25. The molecule has 2 unspecified atom stereocenters. The van der Waals surface area contributed by atoms with Crippen molar-refractivity contribution in [2.24, 2.45) is 7.05 Å². The number of anilines is 1. The summed E-state index contributed by atoms with van der Waals surface area (Å²) in [4.78, 5) is 14.7. The Kier molecular flexibility index (Phi) is 4.32. The molecule has 0 radical (unpaired) electrons. The van der Waals surface area contributed by atoms with Gasteiger partial charge in [0.15, 0.2) is 0 Å². The number of nitrogens with zero attached hydrogens (tertiary/aromatic N) is 3.